The normalized spacial score (nSPS) is 13.4. The predicted molar refractivity (Wildman–Crippen MR) is 70.2 cm³/mol. The van der Waals surface area contributed by atoms with Gasteiger partial charge < -0.3 is 5.32 Å². The maximum absolute atomic E-state index is 8.88. The number of hydrogen-bond donors (Lipinski definition) is 1. The highest BCUT2D eigenvalue weighted by Crippen LogP contribution is 2.20. The number of rotatable bonds is 9. The molecule has 0 amide bonds. The first-order chi connectivity index (χ1) is 7.52. The first-order valence-corrected chi connectivity index (χ1v) is 6.66. The summed E-state index contributed by atoms with van der Waals surface area (Å²) in [6.45, 7) is 9.56. The van der Waals surface area contributed by atoms with E-state index < -0.39 is 0 Å². The second-order valence-electron chi connectivity index (χ2n) is 5.45. The van der Waals surface area contributed by atoms with Crippen LogP contribution in [0.25, 0.3) is 0 Å². The summed E-state index contributed by atoms with van der Waals surface area (Å²) < 4.78 is 0. The molecule has 0 heterocycles. The Hall–Kier alpha value is -0.550. The lowest BCUT2D eigenvalue weighted by Crippen LogP contribution is -2.27. The Labute approximate surface area is 101 Å². The van der Waals surface area contributed by atoms with Gasteiger partial charge in [-0.25, -0.2) is 0 Å². The van der Waals surface area contributed by atoms with Gasteiger partial charge in [-0.3, -0.25) is 0 Å². The van der Waals surface area contributed by atoms with Gasteiger partial charge in [-0.15, -0.1) is 0 Å². The van der Waals surface area contributed by atoms with Gasteiger partial charge in [-0.1, -0.05) is 26.2 Å². The highest BCUT2D eigenvalue weighted by Gasteiger charge is 2.15. The van der Waals surface area contributed by atoms with Crippen LogP contribution in [-0.2, 0) is 0 Å². The Morgan fingerprint density at radius 3 is 2.50 bits per heavy atom. The van der Waals surface area contributed by atoms with Crippen LogP contribution in [0.15, 0.2) is 0 Å². The molecule has 1 unspecified atom stereocenters. The molecule has 0 saturated carbocycles. The molecular formula is C14H28N2. The summed E-state index contributed by atoms with van der Waals surface area (Å²) in [7, 11) is 0. The second kappa shape index (κ2) is 8.58. The zero-order valence-corrected chi connectivity index (χ0v) is 11.5. The molecule has 0 aromatic carbocycles. The largest absolute Gasteiger partial charge is 0.314 e. The molecule has 1 atom stereocenters. The fraction of sp³-hybridized carbons (Fsp3) is 0.929. The summed E-state index contributed by atoms with van der Waals surface area (Å²) >= 11 is 0. The standard InChI is InChI=1S/C14H28N2/c1-5-6-7-9-13(2)16-11-8-10-14(3,4)12-15/h13,16H,5-11H2,1-4H3. The molecular weight excluding hydrogens is 196 g/mol. The molecule has 0 spiro atoms. The highest BCUT2D eigenvalue weighted by molar-refractivity contribution is 4.91. The Bertz CT molecular complexity index is 203. The number of nitriles is 1. The Morgan fingerprint density at radius 1 is 1.25 bits per heavy atom. The van der Waals surface area contributed by atoms with Gasteiger partial charge in [0, 0.05) is 6.04 Å². The van der Waals surface area contributed by atoms with Crippen LogP contribution in [0, 0.1) is 16.7 Å². The van der Waals surface area contributed by atoms with E-state index >= 15 is 0 Å². The summed E-state index contributed by atoms with van der Waals surface area (Å²) in [5.74, 6) is 0. The molecule has 0 aliphatic heterocycles. The molecule has 94 valence electrons. The maximum atomic E-state index is 8.88. The first-order valence-electron chi connectivity index (χ1n) is 6.66. The summed E-state index contributed by atoms with van der Waals surface area (Å²) in [4.78, 5) is 0. The minimum atomic E-state index is -0.160. The molecule has 0 radical (unpaired) electrons. The number of hydrogen-bond acceptors (Lipinski definition) is 2. The molecule has 0 saturated heterocycles. The lowest BCUT2D eigenvalue weighted by Gasteiger charge is -2.17. The van der Waals surface area contributed by atoms with Crippen molar-refractivity contribution in [3.8, 4) is 6.07 Å². The smallest absolute Gasteiger partial charge is 0.0683 e. The number of unbranched alkanes of at least 4 members (excludes halogenated alkanes) is 2. The van der Waals surface area contributed by atoms with E-state index in [-0.39, 0.29) is 5.41 Å². The van der Waals surface area contributed by atoms with Crippen LogP contribution < -0.4 is 5.32 Å². The van der Waals surface area contributed by atoms with Gasteiger partial charge in [0.1, 0.15) is 0 Å². The highest BCUT2D eigenvalue weighted by atomic mass is 14.9. The van der Waals surface area contributed by atoms with Crippen LogP contribution >= 0.6 is 0 Å². The van der Waals surface area contributed by atoms with Crippen LogP contribution in [0.2, 0.25) is 0 Å². The Kier molecular flexibility index (Phi) is 8.29. The summed E-state index contributed by atoms with van der Waals surface area (Å²) in [5.41, 5.74) is -0.160. The van der Waals surface area contributed by atoms with Gasteiger partial charge in [0.05, 0.1) is 11.5 Å². The molecule has 0 bridgehead atoms. The third kappa shape index (κ3) is 8.73. The van der Waals surface area contributed by atoms with Crippen molar-refractivity contribution in [2.75, 3.05) is 6.54 Å². The van der Waals surface area contributed by atoms with Gasteiger partial charge in [0.15, 0.2) is 0 Å². The fourth-order valence-electron chi connectivity index (χ4n) is 1.74. The number of nitrogens with zero attached hydrogens (tertiary/aromatic N) is 1. The summed E-state index contributed by atoms with van der Waals surface area (Å²) in [6, 6.07) is 2.97. The molecule has 0 rings (SSSR count). The predicted octanol–water partition coefficient (Wildman–Crippen LogP) is 3.87. The van der Waals surface area contributed by atoms with Crippen molar-refractivity contribution in [2.24, 2.45) is 5.41 Å². The van der Waals surface area contributed by atoms with Gasteiger partial charge in [0.2, 0.25) is 0 Å². The van der Waals surface area contributed by atoms with Crippen LogP contribution in [0.1, 0.15) is 66.2 Å². The fourth-order valence-corrected chi connectivity index (χ4v) is 1.74. The van der Waals surface area contributed by atoms with Crippen molar-refractivity contribution in [3.63, 3.8) is 0 Å². The van der Waals surface area contributed by atoms with E-state index in [4.69, 9.17) is 5.26 Å². The SMILES string of the molecule is CCCCCC(C)NCCCC(C)(C)C#N. The Balaban J connectivity index is 3.41. The van der Waals surface area contributed by atoms with Crippen molar-refractivity contribution in [1.29, 1.82) is 5.26 Å². The molecule has 1 N–H and O–H groups in total. The third-order valence-electron chi connectivity index (χ3n) is 3.01. The van der Waals surface area contributed by atoms with Gasteiger partial charge in [0.25, 0.3) is 0 Å². The van der Waals surface area contributed by atoms with E-state index in [1.807, 2.05) is 13.8 Å². The zero-order chi connectivity index (χ0) is 12.4. The van der Waals surface area contributed by atoms with Crippen molar-refractivity contribution >= 4 is 0 Å². The number of nitrogens with one attached hydrogen (secondary N) is 1. The van der Waals surface area contributed by atoms with E-state index in [2.05, 4.69) is 25.2 Å². The molecule has 0 fully saturated rings. The van der Waals surface area contributed by atoms with Crippen molar-refractivity contribution < 1.29 is 0 Å². The van der Waals surface area contributed by atoms with Gasteiger partial charge >= 0.3 is 0 Å². The van der Waals surface area contributed by atoms with Gasteiger partial charge in [-0.2, -0.15) is 5.26 Å². The third-order valence-corrected chi connectivity index (χ3v) is 3.01. The van der Waals surface area contributed by atoms with E-state index in [9.17, 15) is 0 Å². The average Bonchev–Trinajstić information content (AvgIpc) is 2.25. The second-order valence-corrected chi connectivity index (χ2v) is 5.45. The van der Waals surface area contributed by atoms with Gasteiger partial charge in [-0.05, 0) is 46.6 Å². The summed E-state index contributed by atoms with van der Waals surface area (Å²) in [6.07, 6.45) is 7.32. The molecule has 0 aliphatic carbocycles. The monoisotopic (exact) mass is 224 g/mol. The molecule has 2 heteroatoms. The van der Waals surface area contributed by atoms with Crippen LogP contribution in [-0.4, -0.2) is 12.6 Å². The topological polar surface area (TPSA) is 35.8 Å². The van der Waals surface area contributed by atoms with Crippen molar-refractivity contribution in [1.82, 2.24) is 5.32 Å². The molecule has 0 aromatic heterocycles. The van der Waals surface area contributed by atoms with E-state index in [1.165, 1.54) is 25.7 Å². The Morgan fingerprint density at radius 2 is 1.94 bits per heavy atom. The summed E-state index contributed by atoms with van der Waals surface area (Å²) in [5, 5.41) is 12.4. The van der Waals surface area contributed by atoms with E-state index in [0.29, 0.717) is 6.04 Å². The molecule has 2 nitrogen and oxygen atoms in total. The lowest BCUT2D eigenvalue weighted by atomic mass is 9.90. The van der Waals surface area contributed by atoms with Crippen LogP contribution in [0.3, 0.4) is 0 Å². The van der Waals surface area contributed by atoms with E-state index in [1.54, 1.807) is 0 Å². The average molecular weight is 224 g/mol. The molecule has 0 aromatic rings. The lowest BCUT2D eigenvalue weighted by molar-refractivity contribution is 0.407. The minimum absolute atomic E-state index is 0.160. The minimum Gasteiger partial charge on any atom is -0.314 e. The molecule has 0 aliphatic rings. The van der Waals surface area contributed by atoms with Crippen LogP contribution in [0.4, 0.5) is 0 Å². The molecule has 16 heavy (non-hydrogen) atoms. The maximum Gasteiger partial charge on any atom is 0.0683 e. The first kappa shape index (κ1) is 15.4. The van der Waals surface area contributed by atoms with E-state index in [0.717, 1.165) is 19.4 Å². The van der Waals surface area contributed by atoms with Crippen molar-refractivity contribution in [3.05, 3.63) is 0 Å². The van der Waals surface area contributed by atoms with Crippen molar-refractivity contribution in [2.45, 2.75) is 72.3 Å². The quantitative estimate of drug-likeness (QED) is 0.603. The van der Waals surface area contributed by atoms with Crippen LogP contribution in [0.5, 0.6) is 0 Å². The zero-order valence-electron chi connectivity index (χ0n) is 11.5.